The first-order valence-corrected chi connectivity index (χ1v) is 8.37. The first-order valence-electron chi connectivity index (χ1n) is 7.99. The Bertz CT molecular complexity index is 674. The fourth-order valence-corrected chi connectivity index (χ4v) is 4.13. The van der Waals surface area contributed by atoms with Gasteiger partial charge in [-0.2, -0.15) is 0 Å². The molecule has 1 amide bonds. The minimum atomic E-state index is -0.912. The van der Waals surface area contributed by atoms with Crippen LogP contribution in [0, 0.1) is 11.7 Å². The number of hydrogen-bond acceptors (Lipinski definition) is 3. The summed E-state index contributed by atoms with van der Waals surface area (Å²) < 4.78 is 13.9. The highest BCUT2D eigenvalue weighted by Gasteiger charge is 2.55. The normalized spacial score (nSPS) is 23.9. The molecule has 7 heteroatoms. The van der Waals surface area contributed by atoms with Gasteiger partial charge in [-0.3, -0.25) is 14.5 Å². The second-order valence-corrected chi connectivity index (χ2v) is 7.10. The number of carbonyl (C=O) groups excluding carboxylic acids is 1. The van der Waals surface area contributed by atoms with E-state index >= 15 is 0 Å². The van der Waals surface area contributed by atoms with Crippen molar-refractivity contribution < 1.29 is 19.1 Å². The molecule has 0 radical (unpaired) electrons. The summed E-state index contributed by atoms with van der Waals surface area (Å²) in [6.07, 6.45) is 1.24. The van der Waals surface area contributed by atoms with Crippen LogP contribution in [-0.4, -0.2) is 52.5 Å². The van der Waals surface area contributed by atoms with Crippen LogP contribution in [0.1, 0.15) is 24.8 Å². The Hall–Kier alpha value is -1.66. The number of nitrogens with zero attached hydrogens (tertiary/aromatic N) is 2. The Morgan fingerprint density at radius 1 is 1.42 bits per heavy atom. The summed E-state index contributed by atoms with van der Waals surface area (Å²) in [7, 11) is 1.69. The summed E-state index contributed by atoms with van der Waals surface area (Å²) in [5.41, 5.74) is -0.0428. The van der Waals surface area contributed by atoms with E-state index in [2.05, 4.69) is 4.90 Å². The predicted molar refractivity (Wildman–Crippen MR) is 87.2 cm³/mol. The molecule has 5 nitrogen and oxygen atoms in total. The quantitative estimate of drug-likeness (QED) is 0.905. The molecule has 1 N–H and O–H groups in total. The molecular formula is C17H20ClFN2O3. The van der Waals surface area contributed by atoms with E-state index < -0.39 is 17.4 Å². The number of benzene rings is 1. The van der Waals surface area contributed by atoms with Gasteiger partial charge in [0.2, 0.25) is 5.91 Å². The van der Waals surface area contributed by atoms with Gasteiger partial charge in [0, 0.05) is 43.7 Å². The summed E-state index contributed by atoms with van der Waals surface area (Å²) in [6.45, 7) is 1.71. The zero-order valence-corrected chi connectivity index (χ0v) is 14.2. The fraction of sp³-hybridized carbons (Fsp3) is 0.529. The number of piperidine rings is 1. The maximum absolute atomic E-state index is 13.9. The smallest absolute Gasteiger partial charge is 0.309 e. The Morgan fingerprint density at radius 3 is 2.67 bits per heavy atom. The van der Waals surface area contributed by atoms with Crippen LogP contribution in [0.25, 0.3) is 0 Å². The molecule has 0 aromatic heterocycles. The molecule has 24 heavy (non-hydrogen) atoms. The molecule has 130 valence electrons. The van der Waals surface area contributed by atoms with E-state index in [4.69, 9.17) is 11.6 Å². The van der Waals surface area contributed by atoms with E-state index in [1.807, 2.05) is 0 Å². The average molecular weight is 355 g/mol. The summed E-state index contributed by atoms with van der Waals surface area (Å²) in [5.74, 6) is -2.02. The Balaban J connectivity index is 1.71. The third-order valence-electron chi connectivity index (χ3n) is 5.50. The van der Waals surface area contributed by atoms with Crippen LogP contribution in [0.3, 0.4) is 0 Å². The largest absolute Gasteiger partial charge is 0.481 e. The molecule has 3 rings (SSSR count). The van der Waals surface area contributed by atoms with Crippen molar-refractivity contribution in [2.45, 2.75) is 31.3 Å². The van der Waals surface area contributed by atoms with Crippen LogP contribution in [-0.2, 0) is 16.1 Å². The lowest BCUT2D eigenvalue weighted by atomic mass is 9.77. The molecule has 2 fully saturated rings. The van der Waals surface area contributed by atoms with Crippen molar-refractivity contribution in [2.75, 3.05) is 20.1 Å². The van der Waals surface area contributed by atoms with Crippen molar-refractivity contribution in [3.63, 3.8) is 0 Å². The number of carboxylic acid groups (broad SMARTS) is 1. The van der Waals surface area contributed by atoms with Crippen molar-refractivity contribution in [1.82, 2.24) is 9.80 Å². The Morgan fingerprint density at radius 2 is 2.08 bits per heavy atom. The van der Waals surface area contributed by atoms with Gasteiger partial charge in [0.25, 0.3) is 0 Å². The van der Waals surface area contributed by atoms with Gasteiger partial charge in [0.1, 0.15) is 5.82 Å². The number of hydrogen-bond donors (Lipinski definition) is 1. The van der Waals surface area contributed by atoms with Crippen LogP contribution in [0.4, 0.5) is 4.39 Å². The number of amides is 1. The van der Waals surface area contributed by atoms with Crippen LogP contribution in [0.5, 0.6) is 0 Å². The van der Waals surface area contributed by atoms with Gasteiger partial charge in [-0.15, -0.1) is 0 Å². The molecule has 2 aliphatic rings. The number of carboxylic acids is 1. The van der Waals surface area contributed by atoms with Crippen molar-refractivity contribution in [3.8, 4) is 0 Å². The third kappa shape index (κ3) is 2.89. The molecule has 0 aliphatic carbocycles. The van der Waals surface area contributed by atoms with Crippen LogP contribution < -0.4 is 0 Å². The van der Waals surface area contributed by atoms with Gasteiger partial charge < -0.3 is 10.0 Å². The third-order valence-corrected chi connectivity index (χ3v) is 5.73. The van der Waals surface area contributed by atoms with E-state index in [0.29, 0.717) is 43.1 Å². The van der Waals surface area contributed by atoms with Crippen molar-refractivity contribution in [2.24, 2.45) is 5.92 Å². The first-order chi connectivity index (χ1) is 11.3. The predicted octanol–water partition coefficient (Wildman–Crippen LogP) is 2.38. The molecule has 1 atom stereocenters. The minimum absolute atomic E-state index is 0.0671. The van der Waals surface area contributed by atoms with E-state index in [1.165, 1.54) is 6.07 Å². The van der Waals surface area contributed by atoms with Gasteiger partial charge in [0.15, 0.2) is 0 Å². The van der Waals surface area contributed by atoms with E-state index in [-0.39, 0.29) is 18.1 Å². The zero-order chi connectivity index (χ0) is 17.5. The van der Waals surface area contributed by atoms with Gasteiger partial charge in [-0.1, -0.05) is 17.7 Å². The SMILES string of the molecule is CN1C(=O)C[C@H](C(=O)O)C12CCN(Cc1ccc(Cl)cc1F)CC2. The fourth-order valence-electron chi connectivity index (χ4n) is 3.97. The standard InChI is InChI=1S/C17H20ClFN2O3/c1-20-15(22)9-13(16(23)24)17(20)4-6-21(7-5-17)10-11-2-3-12(18)8-14(11)19/h2-3,8,13H,4-7,9-10H2,1H3,(H,23,24)/t13-/m1/s1. The molecule has 0 unspecified atom stereocenters. The molecule has 1 spiro atoms. The second kappa shape index (κ2) is 6.33. The van der Waals surface area contributed by atoms with Crippen LogP contribution >= 0.6 is 11.6 Å². The molecule has 2 saturated heterocycles. The van der Waals surface area contributed by atoms with Gasteiger partial charge in [0.05, 0.1) is 11.5 Å². The maximum Gasteiger partial charge on any atom is 0.309 e. The van der Waals surface area contributed by atoms with Gasteiger partial charge in [-0.05, 0) is 25.0 Å². The van der Waals surface area contributed by atoms with E-state index in [0.717, 1.165) is 0 Å². The summed E-state index contributed by atoms with van der Waals surface area (Å²) in [6, 6.07) is 4.63. The molecule has 0 bridgehead atoms. The van der Waals surface area contributed by atoms with Gasteiger partial charge >= 0.3 is 5.97 Å². The van der Waals surface area contributed by atoms with Crippen LogP contribution in [0.15, 0.2) is 18.2 Å². The number of rotatable bonds is 3. The maximum atomic E-state index is 13.9. The zero-order valence-electron chi connectivity index (χ0n) is 13.5. The highest BCUT2D eigenvalue weighted by molar-refractivity contribution is 6.30. The number of halogens is 2. The first kappa shape index (κ1) is 17.2. The average Bonchev–Trinajstić information content (AvgIpc) is 2.78. The Labute approximate surface area is 145 Å². The number of likely N-dealkylation sites (tertiary alicyclic amines) is 2. The van der Waals surface area contributed by atoms with E-state index in [9.17, 15) is 19.1 Å². The lowest BCUT2D eigenvalue weighted by Crippen LogP contribution is -2.55. The minimum Gasteiger partial charge on any atom is -0.481 e. The van der Waals surface area contributed by atoms with Crippen LogP contribution in [0.2, 0.25) is 5.02 Å². The summed E-state index contributed by atoms with van der Waals surface area (Å²) in [4.78, 5) is 27.3. The van der Waals surface area contributed by atoms with E-state index in [1.54, 1.807) is 24.1 Å². The molecule has 2 heterocycles. The highest BCUT2D eigenvalue weighted by Crippen LogP contribution is 2.43. The number of aliphatic carboxylic acids is 1. The lowest BCUT2D eigenvalue weighted by Gasteiger charge is -2.45. The van der Waals surface area contributed by atoms with Crippen molar-refractivity contribution in [1.29, 1.82) is 0 Å². The molecule has 1 aromatic rings. The topological polar surface area (TPSA) is 60.9 Å². The molecule has 0 saturated carbocycles. The monoisotopic (exact) mass is 354 g/mol. The number of carbonyl (C=O) groups is 2. The summed E-state index contributed by atoms with van der Waals surface area (Å²) in [5, 5.41) is 9.84. The van der Waals surface area contributed by atoms with Crippen molar-refractivity contribution >= 4 is 23.5 Å². The lowest BCUT2D eigenvalue weighted by molar-refractivity contribution is -0.146. The Kier molecular flexibility index (Phi) is 4.53. The summed E-state index contributed by atoms with van der Waals surface area (Å²) >= 11 is 5.77. The highest BCUT2D eigenvalue weighted by atomic mass is 35.5. The van der Waals surface area contributed by atoms with Gasteiger partial charge in [-0.25, -0.2) is 4.39 Å². The molecule has 1 aromatic carbocycles. The van der Waals surface area contributed by atoms with Crippen molar-refractivity contribution in [3.05, 3.63) is 34.6 Å². The molecular weight excluding hydrogens is 335 g/mol. The molecule has 2 aliphatic heterocycles. The second-order valence-electron chi connectivity index (χ2n) is 6.66.